The summed E-state index contributed by atoms with van der Waals surface area (Å²) in [4.78, 5) is 11.8. The smallest absolute Gasteiger partial charge is 0.225 e. The highest BCUT2D eigenvalue weighted by molar-refractivity contribution is 5.89. The average molecular weight is 252 g/mol. The summed E-state index contributed by atoms with van der Waals surface area (Å²) in [5.41, 5.74) is 6.69. The molecule has 0 unspecified atom stereocenters. The van der Waals surface area contributed by atoms with Crippen LogP contribution in [0.2, 0.25) is 0 Å². The highest BCUT2D eigenvalue weighted by Gasteiger charge is 2.18. The topological polar surface area (TPSA) is 72.9 Å². The van der Waals surface area contributed by atoms with Crippen molar-refractivity contribution in [2.24, 2.45) is 18.2 Å². The molecule has 0 aliphatic rings. The molecular formula is C13H24N4O. The van der Waals surface area contributed by atoms with E-state index in [1.165, 1.54) is 0 Å². The van der Waals surface area contributed by atoms with Crippen LogP contribution in [0.4, 0.5) is 5.82 Å². The fourth-order valence-electron chi connectivity index (χ4n) is 1.79. The van der Waals surface area contributed by atoms with Gasteiger partial charge in [-0.05, 0) is 31.7 Å². The zero-order chi connectivity index (χ0) is 13.8. The van der Waals surface area contributed by atoms with Crippen LogP contribution in [-0.2, 0) is 11.8 Å². The molecule has 5 nitrogen and oxygen atoms in total. The molecule has 1 aromatic rings. The Kier molecular flexibility index (Phi) is 4.90. The molecule has 0 radical (unpaired) electrons. The van der Waals surface area contributed by atoms with Gasteiger partial charge in [0.05, 0.1) is 0 Å². The lowest BCUT2D eigenvalue weighted by Gasteiger charge is -2.23. The van der Waals surface area contributed by atoms with Crippen LogP contribution in [0.15, 0.2) is 6.07 Å². The molecule has 3 N–H and O–H groups in total. The van der Waals surface area contributed by atoms with Gasteiger partial charge in [-0.15, -0.1) is 0 Å². The van der Waals surface area contributed by atoms with E-state index in [9.17, 15) is 4.79 Å². The van der Waals surface area contributed by atoms with E-state index in [4.69, 9.17) is 5.73 Å². The van der Waals surface area contributed by atoms with E-state index in [2.05, 4.69) is 24.3 Å². The van der Waals surface area contributed by atoms with E-state index in [0.29, 0.717) is 18.8 Å². The minimum atomic E-state index is 0.0122. The minimum Gasteiger partial charge on any atom is -0.330 e. The van der Waals surface area contributed by atoms with Gasteiger partial charge in [-0.25, -0.2) is 0 Å². The maximum absolute atomic E-state index is 11.8. The summed E-state index contributed by atoms with van der Waals surface area (Å²) < 4.78 is 1.74. The molecule has 1 heterocycles. The third kappa shape index (κ3) is 4.49. The van der Waals surface area contributed by atoms with E-state index in [1.54, 1.807) is 4.68 Å². The predicted octanol–water partition coefficient (Wildman–Crippen LogP) is 1.82. The molecule has 18 heavy (non-hydrogen) atoms. The second-order valence-electron chi connectivity index (χ2n) is 5.55. The molecule has 0 aromatic carbocycles. The Morgan fingerprint density at radius 3 is 2.67 bits per heavy atom. The maximum Gasteiger partial charge on any atom is 0.225 e. The number of nitrogens with two attached hydrogens (primary N) is 1. The highest BCUT2D eigenvalue weighted by Crippen LogP contribution is 2.26. The van der Waals surface area contributed by atoms with Crippen molar-refractivity contribution < 1.29 is 4.79 Å². The lowest BCUT2D eigenvalue weighted by molar-refractivity contribution is -0.116. The van der Waals surface area contributed by atoms with Gasteiger partial charge >= 0.3 is 0 Å². The number of nitrogens with zero attached hydrogens (tertiary/aromatic N) is 2. The van der Waals surface area contributed by atoms with Crippen molar-refractivity contribution in [2.75, 3.05) is 11.9 Å². The van der Waals surface area contributed by atoms with Gasteiger partial charge in [0.25, 0.3) is 0 Å². The number of rotatable bonds is 6. The number of amides is 1. The summed E-state index contributed by atoms with van der Waals surface area (Å²) in [5.74, 6) is 0.634. The fourth-order valence-corrected chi connectivity index (χ4v) is 1.79. The molecule has 0 aliphatic carbocycles. The Balaban J connectivity index is 2.43. The van der Waals surface area contributed by atoms with Crippen molar-refractivity contribution in [2.45, 2.75) is 40.0 Å². The first-order valence-electron chi connectivity index (χ1n) is 6.34. The Labute approximate surface area is 109 Å². The standard InChI is InChI=1S/C13H24N4O/c1-10-9-11(16-17(10)4)15-12(18)5-6-13(2,3)7-8-14/h9H,5-8,14H2,1-4H3,(H,15,16,18). The quantitative estimate of drug-likeness (QED) is 0.811. The molecule has 1 rings (SSSR count). The van der Waals surface area contributed by atoms with Crippen molar-refractivity contribution in [3.05, 3.63) is 11.8 Å². The number of carbonyl (C=O) groups excluding carboxylic acids is 1. The SMILES string of the molecule is Cc1cc(NC(=O)CCC(C)(C)CCN)nn1C. The number of hydrogen-bond acceptors (Lipinski definition) is 3. The maximum atomic E-state index is 11.8. The van der Waals surface area contributed by atoms with Gasteiger partial charge in [-0.2, -0.15) is 5.10 Å². The largest absolute Gasteiger partial charge is 0.330 e. The molecule has 0 bridgehead atoms. The Morgan fingerprint density at radius 1 is 1.50 bits per heavy atom. The van der Waals surface area contributed by atoms with E-state index >= 15 is 0 Å². The Hall–Kier alpha value is -1.36. The van der Waals surface area contributed by atoms with Crippen LogP contribution < -0.4 is 11.1 Å². The average Bonchev–Trinajstić information content (AvgIpc) is 2.55. The van der Waals surface area contributed by atoms with E-state index in [1.807, 2.05) is 20.0 Å². The number of aryl methyl sites for hydroxylation is 2. The first kappa shape index (κ1) is 14.7. The number of aromatic nitrogens is 2. The van der Waals surface area contributed by atoms with Crippen LogP contribution in [0.3, 0.4) is 0 Å². The molecule has 0 saturated carbocycles. The second kappa shape index (κ2) is 6.00. The molecule has 5 heteroatoms. The first-order chi connectivity index (χ1) is 8.34. The lowest BCUT2D eigenvalue weighted by atomic mass is 9.84. The first-order valence-corrected chi connectivity index (χ1v) is 6.34. The monoisotopic (exact) mass is 252 g/mol. The van der Waals surface area contributed by atoms with Gasteiger partial charge in [0.1, 0.15) is 0 Å². The normalized spacial score (nSPS) is 11.6. The van der Waals surface area contributed by atoms with Gasteiger partial charge in [0.2, 0.25) is 5.91 Å². The van der Waals surface area contributed by atoms with Gasteiger partial charge in [0, 0.05) is 25.2 Å². The third-order valence-electron chi connectivity index (χ3n) is 3.23. The summed E-state index contributed by atoms with van der Waals surface area (Å²) in [6, 6.07) is 1.86. The number of carbonyl (C=O) groups is 1. The van der Waals surface area contributed by atoms with Gasteiger partial charge in [-0.3, -0.25) is 9.48 Å². The molecule has 1 aromatic heterocycles. The zero-order valence-electron chi connectivity index (χ0n) is 11.8. The van der Waals surface area contributed by atoms with E-state index < -0.39 is 0 Å². The van der Waals surface area contributed by atoms with Crippen molar-refractivity contribution in [1.82, 2.24) is 9.78 Å². The summed E-state index contributed by atoms with van der Waals surface area (Å²) in [6.07, 6.45) is 2.27. The van der Waals surface area contributed by atoms with Crippen LogP contribution >= 0.6 is 0 Å². The molecule has 0 fully saturated rings. The summed E-state index contributed by atoms with van der Waals surface area (Å²) in [6.45, 7) is 6.89. The van der Waals surface area contributed by atoms with Crippen LogP contribution in [-0.4, -0.2) is 22.2 Å². The number of anilines is 1. The fraction of sp³-hybridized carbons (Fsp3) is 0.692. The third-order valence-corrected chi connectivity index (χ3v) is 3.23. The second-order valence-corrected chi connectivity index (χ2v) is 5.55. The van der Waals surface area contributed by atoms with Gasteiger partial charge in [-0.1, -0.05) is 13.8 Å². The summed E-state index contributed by atoms with van der Waals surface area (Å²) in [5, 5.41) is 7.01. The number of nitrogens with one attached hydrogen (secondary N) is 1. The molecule has 1 amide bonds. The predicted molar refractivity (Wildman–Crippen MR) is 73.3 cm³/mol. The van der Waals surface area contributed by atoms with E-state index in [0.717, 1.165) is 18.5 Å². The van der Waals surface area contributed by atoms with Crippen molar-refractivity contribution in [3.63, 3.8) is 0 Å². The molecule has 0 atom stereocenters. The van der Waals surface area contributed by atoms with E-state index in [-0.39, 0.29) is 11.3 Å². The minimum absolute atomic E-state index is 0.0122. The molecule has 102 valence electrons. The Bertz CT molecular complexity index is 390. The zero-order valence-corrected chi connectivity index (χ0v) is 11.8. The molecule has 0 spiro atoms. The van der Waals surface area contributed by atoms with Crippen LogP contribution in [0.25, 0.3) is 0 Å². The molecule has 0 aliphatic heterocycles. The number of hydrogen-bond donors (Lipinski definition) is 2. The summed E-state index contributed by atoms with van der Waals surface area (Å²) >= 11 is 0. The van der Waals surface area contributed by atoms with Crippen molar-refractivity contribution in [3.8, 4) is 0 Å². The summed E-state index contributed by atoms with van der Waals surface area (Å²) in [7, 11) is 1.86. The van der Waals surface area contributed by atoms with Crippen LogP contribution in [0.5, 0.6) is 0 Å². The van der Waals surface area contributed by atoms with Crippen molar-refractivity contribution >= 4 is 11.7 Å². The van der Waals surface area contributed by atoms with Crippen molar-refractivity contribution in [1.29, 1.82) is 0 Å². The van der Waals surface area contributed by atoms with Gasteiger partial charge in [0.15, 0.2) is 5.82 Å². The lowest BCUT2D eigenvalue weighted by Crippen LogP contribution is -2.20. The molecular weight excluding hydrogens is 228 g/mol. The van der Waals surface area contributed by atoms with Gasteiger partial charge < -0.3 is 11.1 Å². The van der Waals surface area contributed by atoms with Crippen LogP contribution in [0.1, 0.15) is 38.8 Å². The van der Waals surface area contributed by atoms with Crippen LogP contribution in [0, 0.1) is 12.3 Å². The highest BCUT2D eigenvalue weighted by atomic mass is 16.1. The molecule has 0 saturated heterocycles. The Morgan fingerprint density at radius 2 is 2.17 bits per heavy atom.